The van der Waals surface area contributed by atoms with Crippen LogP contribution in [0, 0.1) is 0 Å². The molecule has 0 spiro atoms. The Morgan fingerprint density at radius 2 is 2.12 bits per heavy atom. The van der Waals surface area contributed by atoms with E-state index < -0.39 is 0 Å². The molecule has 0 atom stereocenters. The second kappa shape index (κ2) is 7.51. The molecule has 0 radical (unpaired) electrons. The molecule has 0 aliphatic carbocycles. The number of rotatable bonds is 7. The molecule has 0 bridgehead atoms. The van der Waals surface area contributed by atoms with Crippen LogP contribution in [0.5, 0.6) is 0 Å². The molecular weight excluding hydrogens is 234 g/mol. The van der Waals surface area contributed by atoms with Crippen molar-refractivity contribution in [3.63, 3.8) is 0 Å². The van der Waals surface area contributed by atoms with Crippen molar-refractivity contribution in [3.8, 4) is 0 Å². The third kappa shape index (κ3) is 4.17. The van der Waals surface area contributed by atoms with Crippen LogP contribution in [0.4, 0.5) is 5.82 Å². The van der Waals surface area contributed by atoms with Crippen molar-refractivity contribution < 1.29 is 0 Å². The highest BCUT2D eigenvalue weighted by molar-refractivity contribution is 6.31. The third-order valence-electron chi connectivity index (χ3n) is 2.68. The van der Waals surface area contributed by atoms with Gasteiger partial charge in [0.2, 0.25) is 0 Å². The van der Waals surface area contributed by atoms with Crippen molar-refractivity contribution in [2.75, 3.05) is 24.5 Å². The van der Waals surface area contributed by atoms with Gasteiger partial charge in [0.05, 0.1) is 5.02 Å². The summed E-state index contributed by atoms with van der Waals surface area (Å²) in [5.41, 5.74) is 1.12. The van der Waals surface area contributed by atoms with E-state index in [-0.39, 0.29) is 0 Å². The van der Waals surface area contributed by atoms with Crippen LogP contribution in [0.3, 0.4) is 0 Å². The van der Waals surface area contributed by atoms with Gasteiger partial charge in [-0.2, -0.15) is 0 Å². The first kappa shape index (κ1) is 14.3. The molecule has 17 heavy (non-hydrogen) atoms. The lowest BCUT2D eigenvalue weighted by Gasteiger charge is -2.22. The number of aromatic nitrogens is 1. The third-order valence-corrected chi connectivity index (χ3v) is 3.03. The molecule has 1 aromatic heterocycles. The fraction of sp³-hybridized carbons (Fsp3) is 0.615. The summed E-state index contributed by atoms with van der Waals surface area (Å²) in [6, 6.07) is 2.09. The Morgan fingerprint density at radius 1 is 1.35 bits per heavy atom. The van der Waals surface area contributed by atoms with Crippen molar-refractivity contribution >= 4 is 17.4 Å². The fourth-order valence-corrected chi connectivity index (χ4v) is 1.91. The largest absolute Gasteiger partial charge is 0.357 e. The number of hydrogen-bond donors (Lipinski definition) is 1. The van der Waals surface area contributed by atoms with E-state index in [1.54, 1.807) is 6.20 Å². The molecule has 0 fully saturated rings. The van der Waals surface area contributed by atoms with Crippen molar-refractivity contribution in [1.82, 2.24) is 10.3 Å². The van der Waals surface area contributed by atoms with Crippen LogP contribution in [0.2, 0.25) is 5.02 Å². The first-order valence-corrected chi connectivity index (χ1v) is 6.70. The maximum absolute atomic E-state index is 6.14. The van der Waals surface area contributed by atoms with E-state index in [2.05, 4.69) is 42.0 Å². The van der Waals surface area contributed by atoms with Gasteiger partial charge in [0.25, 0.3) is 0 Å². The summed E-state index contributed by atoms with van der Waals surface area (Å²) in [5, 5.41) is 4.03. The lowest BCUT2D eigenvalue weighted by atomic mass is 10.2. The van der Waals surface area contributed by atoms with Crippen molar-refractivity contribution in [1.29, 1.82) is 0 Å². The fourth-order valence-electron chi connectivity index (χ4n) is 1.74. The normalized spacial score (nSPS) is 10.6. The van der Waals surface area contributed by atoms with Crippen LogP contribution in [-0.2, 0) is 6.54 Å². The molecule has 0 aromatic carbocycles. The zero-order valence-corrected chi connectivity index (χ0v) is 11.7. The zero-order valence-electron chi connectivity index (χ0n) is 11.0. The van der Waals surface area contributed by atoms with Gasteiger partial charge in [-0.1, -0.05) is 25.4 Å². The standard InChI is InChI=1S/C13H22ClN3/c1-4-7-17(6-3)13-8-11(9-15-5-2)12(14)10-16-13/h8,10,15H,4-7,9H2,1-3H3. The molecule has 1 heterocycles. The van der Waals surface area contributed by atoms with Gasteiger partial charge in [-0.05, 0) is 31.5 Å². The van der Waals surface area contributed by atoms with E-state index in [4.69, 9.17) is 11.6 Å². The molecular formula is C13H22ClN3. The van der Waals surface area contributed by atoms with Crippen LogP contribution in [0.1, 0.15) is 32.8 Å². The molecule has 96 valence electrons. The van der Waals surface area contributed by atoms with Crippen LogP contribution in [0.25, 0.3) is 0 Å². The Morgan fingerprint density at radius 3 is 2.71 bits per heavy atom. The molecule has 1 rings (SSSR count). The second-order valence-electron chi connectivity index (χ2n) is 3.99. The molecule has 3 nitrogen and oxygen atoms in total. The Hall–Kier alpha value is -0.800. The molecule has 4 heteroatoms. The maximum atomic E-state index is 6.14. The van der Waals surface area contributed by atoms with Crippen molar-refractivity contribution in [2.24, 2.45) is 0 Å². The Balaban J connectivity index is 2.85. The van der Waals surface area contributed by atoms with Gasteiger partial charge in [0.15, 0.2) is 0 Å². The molecule has 0 aliphatic heterocycles. The number of nitrogens with one attached hydrogen (secondary N) is 1. The lowest BCUT2D eigenvalue weighted by molar-refractivity contribution is 0.723. The summed E-state index contributed by atoms with van der Waals surface area (Å²) in [7, 11) is 0. The van der Waals surface area contributed by atoms with E-state index in [0.717, 1.165) is 49.0 Å². The average Bonchev–Trinajstić information content (AvgIpc) is 2.35. The van der Waals surface area contributed by atoms with E-state index in [1.165, 1.54) is 0 Å². The molecule has 1 aromatic rings. The van der Waals surface area contributed by atoms with Crippen LogP contribution < -0.4 is 10.2 Å². The summed E-state index contributed by atoms with van der Waals surface area (Å²) in [6.07, 6.45) is 2.88. The zero-order chi connectivity index (χ0) is 12.7. The minimum atomic E-state index is 0.738. The smallest absolute Gasteiger partial charge is 0.128 e. The van der Waals surface area contributed by atoms with Crippen LogP contribution in [-0.4, -0.2) is 24.6 Å². The summed E-state index contributed by atoms with van der Waals surface area (Å²) >= 11 is 6.14. The molecule has 0 amide bonds. The predicted octanol–water partition coefficient (Wildman–Crippen LogP) is 3.08. The van der Waals surface area contributed by atoms with Crippen LogP contribution >= 0.6 is 11.6 Å². The summed E-state index contributed by atoms with van der Waals surface area (Å²) < 4.78 is 0. The Labute approximate surface area is 109 Å². The van der Waals surface area contributed by atoms with E-state index in [1.807, 2.05) is 0 Å². The first-order valence-electron chi connectivity index (χ1n) is 6.32. The number of hydrogen-bond acceptors (Lipinski definition) is 3. The van der Waals surface area contributed by atoms with E-state index >= 15 is 0 Å². The minimum Gasteiger partial charge on any atom is -0.357 e. The lowest BCUT2D eigenvalue weighted by Crippen LogP contribution is -2.24. The number of pyridine rings is 1. The SMILES string of the molecule is CCCN(CC)c1cc(CNCC)c(Cl)cn1. The van der Waals surface area contributed by atoms with Gasteiger partial charge in [-0.3, -0.25) is 0 Å². The Kier molecular flexibility index (Phi) is 6.30. The van der Waals surface area contributed by atoms with Crippen molar-refractivity contribution in [2.45, 2.75) is 33.7 Å². The highest BCUT2D eigenvalue weighted by Crippen LogP contribution is 2.20. The number of anilines is 1. The van der Waals surface area contributed by atoms with Crippen LogP contribution in [0.15, 0.2) is 12.3 Å². The molecule has 1 N–H and O–H groups in total. The number of nitrogens with zero attached hydrogens (tertiary/aromatic N) is 2. The average molecular weight is 256 g/mol. The topological polar surface area (TPSA) is 28.2 Å². The molecule has 0 aliphatic rings. The minimum absolute atomic E-state index is 0.738. The van der Waals surface area contributed by atoms with Gasteiger partial charge in [-0.25, -0.2) is 4.98 Å². The summed E-state index contributed by atoms with van der Waals surface area (Å²) in [5.74, 6) is 1.02. The van der Waals surface area contributed by atoms with Gasteiger partial charge in [-0.15, -0.1) is 0 Å². The van der Waals surface area contributed by atoms with Gasteiger partial charge in [0, 0.05) is 25.8 Å². The molecule has 0 unspecified atom stereocenters. The monoisotopic (exact) mass is 255 g/mol. The van der Waals surface area contributed by atoms with Gasteiger partial charge < -0.3 is 10.2 Å². The maximum Gasteiger partial charge on any atom is 0.128 e. The molecule has 0 saturated heterocycles. The van der Waals surface area contributed by atoms with E-state index in [0.29, 0.717) is 0 Å². The van der Waals surface area contributed by atoms with Crippen molar-refractivity contribution in [3.05, 3.63) is 22.8 Å². The highest BCUT2D eigenvalue weighted by atomic mass is 35.5. The first-order chi connectivity index (χ1) is 8.22. The van der Waals surface area contributed by atoms with Gasteiger partial charge >= 0.3 is 0 Å². The van der Waals surface area contributed by atoms with Gasteiger partial charge in [0.1, 0.15) is 5.82 Å². The predicted molar refractivity (Wildman–Crippen MR) is 74.8 cm³/mol. The second-order valence-corrected chi connectivity index (χ2v) is 4.40. The summed E-state index contributed by atoms with van der Waals surface area (Å²) in [6.45, 7) is 10.2. The molecule has 0 saturated carbocycles. The quantitative estimate of drug-likeness (QED) is 0.812. The van der Waals surface area contributed by atoms with E-state index in [9.17, 15) is 0 Å². The highest BCUT2D eigenvalue weighted by Gasteiger charge is 2.08. The number of halogens is 1. The summed E-state index contributed by atoms with van der Waals surface area (Å²) in [4.78, 5) is 6.67. The Bertz CT molecular complexity index is 341.